The van der Waals surface area contributed by atoms with Crippen molar-refractivity contribution in [2.75, 3.05) is 5.32 Å². The zero-order valence-electron chi connectivity index (χ0n) is 11.1. The van der Waals surface area contributed by atoms with Crippen LogP contribution in [0.5, 0.6) is 5.75 Å². The maximum atomic E-state index is 11.8. The summed E-state index contributed by atoms with van der Waals surface area (Å²) in [5.41, 5.74) is -0.198. The molecule has 0 unspecified atom stereocenters. The monoisotopic (exact) mass is 301 g/mol. The van der Waals surface area contributed by atoms with E-state index in [0.717, 1.165) is 18.2 Å². The molecule has 0 radical (unpaired) electrons. The number of phenols is 1. The minimum atomic E-state index is -0.912. The minimum Gasteiger partial charge on any atom is -0.506 e. The largest absolute Gasteiger partial charge is 0.506 e. The molecule has 0 saturated carbocycles. The van der Waals surface area contributed by atoms with Crippen LogP contribution >= 0.6 is 0 Å². The van der Waals surface area contributed by atoms with Gasteiger partial charge in [-0.2, -0.15) is 0 Å². The number of rotatable bonds is 3. The third-order valence-electron chi connectivity index (χ3n) is 2.70. The van der Waals surface area contributed by atoms with E-state index >= 15 is 0 Å². The third kappa shape index (κ3) is 3.57. The highest BCUT2D eigenvalue weighted by molar-refractivity contribution is 6.08. The summed E-state index contributed by atoms with van der Waals surface area (Å²) >= 11 is 0. The van der Waals surface area contributed by atoms with Crippen molar-refractivity contribution >= 4 is 23.3 Å². The Morgan fingerprint density at radius 3 is 2.41 bits per heavy atom. The number of nitro groups is 1. The van der Waals surface area contributed by atoms with Gasteiger partial charge in [-0.25, -0.2) is 4.79 Å². The summed E-state index contributed by atoms with van der Waals surface area (Å²) in [6, 6.07) is 10.3. The Labute approximate surface area is 124 Å². The molecule has 112 valence electrons. The molecule has 2 aromatic carbocycles. The molecule has 0 bridgehead atoms. The quantitative estimate of drug-likeness (QED) is 0.456. The number of carbonyl (C=O) groups is 2. The number of nitrogens with one attached hydrogen (secondary N) is 2. The average Bonchev–Trinajstić information content (AvgIpc) is 2.50. The first-order chi connectivity index (χ1) is 10.5. The number of hydrogen-bond donors (Lipinski definition) is 3. The number of nitro benzene ring substituents is 1. The number of aromatic hydroxyl groups is 1. The van der Waals surface area contributed by atoms with Gasteiger partial charge in [-0.1, -0.05) is 18.2 Å². The molecule has 22 heavy (non-hydrogen) atoms. The fraction of sp³-hybridized carbons (Fsp3) is 0. The number of hydrogen-bond acceptors (Lipinski definition) is 5. The Bertz CT molecular complexity index is 731. The average molecular weight is 301 g/mol. The molecular weight excluding hydrogens is 290 g/mol. The smallest absolute Gasteiger partial charge is 0.326 e. The Morgan fingerprint density at radius 1 is 1.09 bits per heavy atom. The molecule has 8 nitrogen and oxygen atoms in total. The summed E-state index contributed by atoms with van der Waals surface area (Å²) in [7, 11) is 0. The van der Waals surface area contributed by atoms with Crippen LogP contribution in [0.2, 0.25) is 0 Å². The lowest BCUT2D eigenvalue weighted by atomic mass is 10.2. The van der Waals surface area contributed by atoms with Crippen molar-refractivity contribution in [2.24, 2.45) is 0 Å². The number of nitrogens with zero attached hydrogens (tertiary/aromatic N) is 1. The summed E-state index contributed by atoms with van der Waals surface area (Å²) < 4.78 is 0. The highest BCUT2D eigenvalue weighted by atomic mass is 16.6. The van der Waals surface area contributed by atoms with Gasteiger partial charge in [0.1, 0.15) is 5.75 Å². The first-order valence-corrected chi connectivity index (χ1v) is 6.12. The number of amides is 3. The van der Waals surface area contributed by atoms with E-state index in [-0.39, 0.29) is 22.7 Å². The van der Waals surface area contributed by atoms with E-state index in [9.17, 15) is 24.8 Å². The lowest BCUT2D eigenvalue weighted by Crippen LogP contribution is -2.34. The number of urea groups is 1. The summed E-state index contributed by atoms with van der Waals surface area (Å²) in [6.07, 6.45) is 0. The topological polar surface area (TPSA) is 122 Å². The number of non-ortho nitro benzene ring substituents is 1. The van der Waals surface area contributed by atoms with Gasteiger partial charge in [-0.05, 0) is 18.2 Å². The third-order valence-corrected chi connectivity index (χ3v) is 2.70. The zero-order valence-corrected chi connectivity index (χ0v) is 11.1. The summed E-state index contributed by atoms with van der Waals surface area (Å²) in [6.45, 7) is 0. The van der Waals surface area contributed by atoms with E-state index in [2.05, 4.69) is 10.6 Å². The maximum Gasteiger partial charge on any atom is 0.326 e. The molecule has 0 aliphatic carbocycles. The minimum absolute atomic E-state index is 0.174. The molecule has 0 aliphatic rings. The van der Waals surface area contributed by atoms with Gasteiger partial charge in [0.05, 0.1) is 10.6 Å². The van der Waals surface area contributed by atoms with Crippen molar-refractivity contribution in [3.8, 4) is 5.75 Å². The van der Waals surface area contributed by atoms with Gasteiger partial charge >= 0.3 is 6.03 Å². The zero-order chi connectivity index (χ0) is 16.1. The van der Waals surface area contributed by atoms with Crippen LogP contribution < -0.4 is 10.6 Å². The van der Waals surface area contributed by atoms with Crippen LogP contribution in [-0.2, 0) is 0 Å². The van der Waals surface area contributed by atoms with Crippen molar-refractivity contribution < 1.29 is 19.6 Å². The van der Waals surface area contributed by atoms with Crippen LogP contribution in [0.4, 0.5) is 16.2 Å². The van der Waals surface area contributed by atoms with Crippen molar-refractivity contribution in [3.05, 3.63) is 64.2 Å². The SMILES string of the molecule is O=C(NC(=O)c1ccccc1)Nc1cc([N+](=O)[O-])ccc1O. The summed E-state index contributed by atoms with van der Waals surface area (Å²) in [4.78, 5) is 33.5. The van der Waals surface area contributed by atoms with Gasteiger partial charge in [-0.3, -0.25) is 20.2 Å². The van der Waals surface area contributed by atoms with Gasteiger partial charge < -0.3 is 10.4 Å². The molecule has 3 amide bonds. The fourth-order valence-electron chi connectivity index (χ4n) is 1.66. The van der Waals surface area contributed by atoms with Crippen molar-refractivity contribution in [1.29, 1.82) is 0 Å². The predicted molar refractivity (Wildman–Crippen MR) is 77.7 cm³/mol. The van der Waals surface area contributed by atoms with E-state index in [1.165, 1.54) is 12.1 Å². The Balaban J connectivity index is 2.08. The van der Waals surface area contributed by atoms with E-state index in [4.69, 9.17) is 0 Å². The van der Waals surface area contributed by atoms with Crippen LogP contribution in [0.15, 0.2) is 48.5 Å². The van der Waals surface area contributed by atoms with Crippen LogP contribution in [0.1, 0.15) is 10.4 Å². The van der Waals surface area contributed by atoms with Crippen LogP contribution in [-0.4, -0.2) is 22.0 Å². The Hall–Kier alpha value is -3.42. The van der Waals surface area contributed by atoms with E-state index in [1.807, 2.05) is 0 Å². The molecule has 0 fully saturated rings. The van der Waals surface area contributed by atoms with Crippen molar-refractivity contribution in [2.45, 2.75) is 0 Å². The molecule has 0 heterocycles. The molecule has 3 N–H and O–H groups in total. The second-order valence-corrected chi connectivity index (χ2v) is 4.23. The van der Waals surface area contributed by atoms with Gasteiger partial charge in [0.15, 0.2) is 0 Å². The number of phenolic OH excluding ortho intramolecular Hbond substituents is 1. The maximum absolute atomic E-state index is 11.8. The summed E-state index contributed by atoms with van der Waals surface area (Å²) in [5, 5.41) is 24.5. The van der Waals surface area contributed by atoms with Gasteiger partial charge in [0, 0.05) is 17.7 Å². The molecule has 0 spiro atoms. The highest BCUT2D eigenvalue weighted by Crippen LogP contribution is 2.27. The second kappa shape index (κ2) is 6.35. The molecule has 0 atom stereocenters. The molecule has 0 aromatic heterocycles. The van der Waals surface area contributed by atoms with Crippen LogP contribution in [0.3, 0.4) is 0 Å². The Morgan fingerprint density at radius 2 is 1.77 bits per heavy atom. The Kier molecular flexibility index (Phi) is 4.33. The number of carbonyl (C=O) groups excluding carboxylic acids is 2. The second-order valence-electron chi connectivity index (χ2n) is 4.23. The standard InChI is InChI=1S/C14H11N3O5/c18-12-7-6-10(17(21)22)8-11(12)15-14(20)16-13(19)9-4-2-1-3-5-9/h1-8,18H,(H2,15,16,19,20). The fourth-order valence-corrected chi connectivity index (χ4v) is 1.66. The van der Waals surface area contributed by atoms with Gasteiger partial charge in [-0.15, -0.1) is 0 Å². The van der Waals surface area contributed by atoms with E-state index < -0.39 is 16.9 Å². The molecule has 2 aromatic rings. The van der Waals surface area contributed by atoms with Gasteiger partial charge in [0.25, 0.3) is 11.6 Å². The van der Waals surface area contributed by atoms with Crippen molar-refractivity contribution in [1.82, 2.24) is 5.32 Å². The number of imide groups is 1. The molecule has 2 rings (SSSR count). The van der Waals surface area contributed by atoms with Crippen LogP contribution in [0.25, 0.3) is 0 Å². The molecule has 0 saturated heterocycles. The van der Waals surface area contributed by atoms with Crippen LogP contribution in [0, 0.1) is 10.1 Å². The van der Waals surface area contributed by atoms with E-state index in [0.29, 0.717) is 0 Å². The predicted octanol–water partition coefficient (Wildman–Crippen LogP) is 2.26. The lowest BCUT2D eigenvalue weighted by Gasteiger charge is -2.08. The van der Waals surface area contributed by atoms with E-state index in [1.54, 1.807) is 18.2 Å². The first-order valence-electron chi connectivity index (χ1n) is 6.12. The molecule has 8 heteroatoms. The van der Waals surface area contributed by atoms with Gasteiger partial charge in [0.2, 0.25) is 0 Å². The number of anilines is 1. The summed E-state index contributed by atoms with van der Waals surface area (Å²) in [5.74, 6) is -0.990. The number of benzene rings is 2. The normalized spacial score (nSPS) is 9.82. The lowest BCUT2D eigenvalue weighted by molar-refractivity contribution is -0.384. The molecular formula is C14H11N3O5. The molecule has 0 aliphatic heterocycles. The van der Waals surface area contributed by atoms with Crippen molar-refractivity contribution in [3.63, 3.8) is 0 Å². The highest BCUT2D eigenvalue weighted by Gasteiger charge is 2.14. The first kappa shape index (κ1) is 15.0.